The van der Waals surface area contributed by atoms with Gasteiger partial charge in [-0.05, 0) is 36.4 Å². The van der Waals surface area contributed by atoms with Crippen LogP contribution in [-0.2, 0) is 11.2 Å². The summed E-state index contributed by atoms with van der Waals surface area (Å²) < 4.78 is 4.62. The van der Waals surface area contributed by atoms with Crippen LogP contribution in [0.25, 0.3) is 0 Å². The fourth-order valence-electron chi connectivity index (χ4n) is 3.24. The number of Topliss-reactive ketones (excluding diaryl/α,β-unsaturated/α-hetero) is 1. The molecule has 1 unspecified atom stereocenters. The molecule has 32 heavy (non-hydrogen) atoms. The van der Waals surface area contributed by atoms with Gasteiger partial charge in [0, 0.05) is 22.1 Å². The van der Waals surface area contributed by atoms with E-state index in [4.69, 9.17) is 17.0 Å². The van der Waals surface area contributed by atoms with Crippen LogP contribution in [-0.4, -0.2) is 36.1 Å². The number of alkyl carbamates (subject to hydrolysis) is 1. The first-order valence-electron chi connectivity index (χ1n) is 9.75. The molecule has 2 aromatic carbocycles. The highest BCUT2D eigenvalue weighted by Gasteiger charge is 2.30. The number of allylic oxidation sites excluding steroid dienone is 4. The Morgan fingerprint density at radius 1 is 1.12 bits per heavy atom. The van der Waals surface area contributed by atoms with Gasteiger partial charge in [0.2, 0.25) is 0 Å². The van der Waals surface area contributed by atoms with Crippen molar-refractivity contribution in [2.75, 3.05) is 13.4 Å². The number of hydrogen-bond acceptors (Lipinski definition) is 6. The summed E-state index contributed by atoms with van der Waals surface area (Å²) in [6, 6.07) is 16.3. The number of hydrogen-bond donors (Lipinski definition) is 2. The second kappa shape index (κ2) is 10.9. The summed E-state index contributed by atoms with van der Waals surface area (Å²) in [4.78, 5) is 29.2. The quantitative estimate of drug-likeness (QED) is 0.354. The highest BCUT2D eigenvalue weighted by molar-refractivity contribution is 8.13. The number of carbonyl (C=O) groups excluding carboxylic acids is 2. The number of nitrogens with zero attached hydrogens (tertiary/aromatic N) is 1. The van der Waals surface area contributed by atoms with Crippen LogP contribution in [0.5, 0.6) is 0 Å². The zero-order valence-corrected chi connectivity index (χ0v) is 19.2. The molecule has 0 spiro atoms. The molecule has 2 N–H and O–H groups in total. The number of benzene rings is 2. The number of aliphatic imine (C=N–C) groups is 1. The molecule has 0 bridgehead atoms. The van der Waals surface area contributed by atoms with Crippen LogP contribution in [0.1, 0.15) is 15.9 Å². The number of ketones is 1. The van der Waals surface area contributed by atoms with E-state index in [0.717, 1.165) is 5.56 Å². The van der Waals surface area contributed by atoms with E-state index in [2.05, 4.69) is 15.0 Å². The number of rotatable bonds is 5. The number of carbonyl (C=O) groups is 2. The highest BCUT2D eigenvalue weighted by Crippen LogP contribution is 2.30. The molecule has 0 fully saturated rings. The summed E-state index contributed by atoms with van der Waals surface area (Å²) >= 11 is 7.23. The lowest BCUT2D eigenvalue weighted by atomic mass is 9.80. The van der Waals surface area contributed by atoms with E-state index in [1.165, 1.54) is 18.9 Å². The topological polar surface area (TPSA) is 91.6 Å². The standard InChI is InChI=1S/C24H22ClN3O3S/c1-31-24(30)28-23(32-2)27-20-13-12-18(22(29)16-6-4-3-5-7-16)19(21(20)26)14-15-8-10-17(25)11-9-15/h3-13,19,26H,14H2,1-2H3,(H,27,28,30). The lowest BCUT2D eigenvalue weighted by Gasteiger charge is -2.24. The minimum absolute atomic E-state index is 0.133. The monoisotopic (exact) mass is 467 g/mol. The molecule has 0 aromatic heterocycles. The van der Waals surface area contributed by atoms with Crippen molar-refractivity contribution in [3.63, 3.8) is 0 Å². The van der Waals surface area contributed by atoms with E-state index < -0.39 is 12.0 Å². The molecule has 1 aliphatic carbocycles. The average Bonchev–Trinajstić information content (AvgIpc) is 2.82. The largest absolute Gasteiger partial charge is 0.453 e. The molecule has 0 saturated carbocycles. The highest BCUT2D eigenvalue weighted by atomic mass is 35.5. The van der Waals surface area contributed by atoms with Gasteiger partial charge in [0.25, 0.3) is 0 Å². The Labute approximate surface area is 195 Å². The molecule has 3 rings (SSSR count). The number of thioether (sulfide) groups is 1. The fourth-order valence-corrected chi connectivity index (χ4v) is 3.74. The Bertz CT molecular complexity index is 1110. The van der Waals surface area contributed by atoms with E-state index in [1.54, 1.807) is 42.7 Å². The molecule has 8 heteroatoms. The third-order valence-corrected chi connectivity index (χ3v) is 5.71. The Morgan fingerprint density at radius 2 is 1.81 bits per heavy atom. The van der Waals surface area contributed by atoms with Gasteiger partial charge in [-0.3, -0.25) is 10.1 Å². The maximum absolute atomic E-state index is 13.2. The molecule has 1 aliphatic rings. The average molecular weight is 468 g/mol. The summed E-state index contributed by atoms with van der Waals surface area (Å²) in [5.41, 5.74) is 2.58. The molecule has 0 heterocycles. The molecule has 0 aliphatic heterocycles. The van der Waals surface area contributed by atoms with Gasteiger partial charge in [-0.25, -0.2) is 9.79 Å². The minimum atomic E-state index is -0.644. The first kappa shape index (κ1) is 23.5. The van der Waals surface area contributed by atoms with Crippen LogP contribution in [0.3, 0.4) is 0 Å². The van der Waals surface area contributed by atoms with E-state index in [0.29, 0.717) is 33.4 Å². The molecule has 1 atom stereocenters. The maximum Gasteiger partial charge on any atom is 0.412 e. The molecule has 6 nitrogen and oxygen atoms in total. The molecule has 164 valence electrons. The summed E-state index contributed by atoms with van der Waals surface area (Å²) in [5, 5.41) is 12.3. The number of amidine groups is 1. The lowest BCUT2D eigenvalue weighted by Crippen LogP contribution is -2.30. The molecular formula is C24H22ClN3O3S. The van der Waals surface area contributed by atoms with Crippen molar-refractivity contribution in [2.45, 2.75) is 6.42 Å². The second-order valence-corrected chi connectivity index (χ2v) is 8.13. The Balaban J connectivity index is 1.99. The van der Waals surface area contributed by atoms with Crippen molar-refractivity contribution in [3.8, 4) is 0 Å². The first-order chi connectivity index (χ1) is 15.4. The fraction of sp³-hybridized carbons (Fsp3) is 0.167. The third kappa shape index (κ3) is 5.75. The van der Waals surface area contributed by atoms with Crippen LogP contribution in [0.2, 0.25) is 5.02 Å². The molecule has 2 aromatic rings. The van der Waals surface area contributed by atoms with Crippen molar-refractivity contribution < 1.29 is 14.3 Å². The summed E-state index contributed by atoms with van der Waals surface area (Å²) in [6.07, 6.45) is 4.89. The van der Waals surface area contributed by atoms with Gasteiger partial charge in [-0.1, -0.05) is 71.9 Å². The van der Waals surface area contributed by atoms with E-state index >= 15 is 0 Å². The number of ether oxygens (including phenoxy) is 1. The van der Waals surface area contributed by atoms with Gasteiger partial charge in [-0.2, -0.15) is 0 Å². The van der Waals surface area contributed by atoms with Gasteiger partial charge in [-0.15, -0.1) is 0 Å². The number of halogens is 1. The predicted molar refractivity (Wildman–Crippen MR) is 130 cm³/mol. The number of methoxy groups -OCH3 is 1. The zero-order valence-electron chi connectivity index (χ0n) is 17.6. The van der Waals surface area contributed by atoms with Crippen LogP contribution < -0.4 is 5.32 Å². The Kier molecular flexibility index (Phi) is 8.03. The van der Waals surface area contributed by atoms with Gasteiger partial charge in [0.05, 0.1) is 18.5 Å². The number of amides is 1. The normalized spacial score (nSPS) is 16.2. The molecule has 0 radical (unpaired) electrons. The summed E-state index contributed by atoms with van der Waals surface area (Å²) in [6.45, 7) is 0. The molecule has 0 saturated heterocycles. The Hall–Kier alpha value is -3.16. The van der Waals surface area contributed by atoms with E-state index in [-0.39, 0.29) is 11.5 Å². The molecule has 1 amide bonds. The van der Waals surface area contributed by atoms with Crippen LogP contribution in [0, 0.1) is 11.3 Å². The van der Waals surface area contributed by atoms with Gasteiger partial charge >= 0.3 is 6.09 Å². The summed E-state index contributed by atoms with van der Waals surface area (Å²) in [5.74, 6) is -0.639. The minimum Gasteiger partial charge on any atom is -0.453 e. The van der Waals surface area contributed by atoms with E-state index in [9.17, 15) is 9.59 Å². The van der Waals surface area contributed by atoms with Gasteiger partial charge in [0.15, 0.2) is 11.0 Å². The second-order valence-electron chi connectivity index (χ2n) is 6.90. The summed E-state index contributed by atoms with van der Waals surface area (Å²) in [7, 11) is 1.27. The molecular weight excluding hydrogens is 446 g/mol. The Morgan fingerprint density at radius 3 is 2.44 bits per heavy atom. The van der Waals surface area contributed by atoms with Crippen LogP contribution in [0.15, 0.2) is 83.0 Å². The SMILES string of the molecule is COC(=O)NC(=NC1=CC=C(C(=O)c2ccccc2)C(Cc2ccc(Cl)cc2)C1=N)SC. The first-order valence-corrected chi connectivity index (χ1v) is 11.4. The van der Waals surface area contributed by atoms with E-state index in [1.807, 2.05) is 30.3 Å². The van der Waals surface area contributed by atoms with Crippen LogP contribution >= 0.6 is 23.4 Å². The zero-order chi connectivity index (χ0) is 23.1. The van der Waals surface area contributed by atoms with Gasteiger partial charge in [0.1, 0.15) is 0 Å². The van der Waals surface area contributed by atoms with Gasteiger partial charge < -0.3 is 10.1 Å². The number of nitrogens with one attached hydrogen (secondary N) is 2. The van der Waals surface area contributed by atoms with Crippen LogP contribution in [0.4, 0.5) is 4.79 Å². The third-order valence-electron chi connectivity index (χ3n) is 4.88. The lowest BCUT2D eigenvalue weighted by molar-refractivity contribution is 0.102. The van der Waals surface area contributed by atoms with Crippen molar-refractivity contribution in [3.05, 3.63) is 94.2 Å². The van der Waals surface area contributed by atoms with Crippen molar-refractivity contribution >= 4 is 46.1 Å². The van der Waals surface area contributed by atoms with Crippen molar-refractivity contribution in [2.24, 2.45) is 10.9 Å². The smallest absolute Gasteiger partial charge is 0.412 e. The van der Waals surface area contributed by atoms with Crippen molar-refractivity contribution in [1.82, 2.24) is 5.32 Å². The van der Waals surface area contributed by atoms with Crippen molar-refractivity contribution in [1.29, 1.82) is 5.41 Å². The predicted octanol–water partition coefficient (Wildman–Crippen LogP) is 5.30. The maximum atomic E-state index is 13.2.